The molecule has 1 amide bonds. The predicted octanol–water partition coefficient (Wildman–Crippen LogP) is 4.71. The number of nitrogens with one attached hydrogen (secondary N) is 1. The fraction of sp³-hybridized carbons (Fsp3) is 0.261. The highest BCUT2D eigenvalue weighted by atomic mass is 16.2. The lowest BCUT2D eigenvalue weighted by molar-refractivity contribution is -0.116. The van der Waals surface area contributed by atoms with E-state index in [0.29, 0.717) is 11.3 Å². The van der Waals surface area contributed by atoms with Gasteiger partial charge in [0, 0.05) is 18.4 Å². The minimum Gasteiger partial charge on any atom is -0.323 e. The molecule has 0 radical (unpaired) electrons. The van der Waals surface area contributed by atoms with Gasteiger partial charge in [-0.1, -0.05) is 30.3 Å². The maximum absolute atomic E-state index is 12.4. The minimum absolute atomic E-state index is 0.0216. The van der Waals surface area contributed by atoms with Crippen molar-refractivity contribution in [2.45, 2.75) is 40.5 Å². The first-order valence-corrected chi connectivity index (χ1v) is 9.38. The number of anilines is 1. The second-order valence-corrected chi connectivity index (χ2v) is 7.06. The van der Waals surface area contributed by atoms with Gasteiger partial charge in [-0.25, -0.2) is 4.68 Å². The van der Waals surface area contributed by atoms with E-state index in [2.05, 4.69) is 10.4 Å². The van der Waals surface area contributed by atoms with Gasteiger partial charge < -0.3 is 5.32 Å². The summed E-state index contributed by atoms with van der Waals surface area (Å²) in [4.78, 5) is 24.8. The minimum atomic E-state index is -0.184. The molecule has 3 rings (SSSR count). The van der Waals surface area contributed by atoms with Crippen molar-refractivity contribution in [3.05, 3.63) is 76.6 Å². The molecule has 0 fully saturated rings. The van der Waals surface area contributed by atoms with Crippen molar-refractivity contribution in [3.8, 4) is 5.69 Å². The number of benzene rings is 2. The van der Waals surface area contributed by atoms with Crippen LogP contribution >= 0.6 is 0 Å². The number of carbonyl (C=O) groups is 2. The zero-order valence-electron chi connectivity index (χ0n) is 16.7. The molecule has 28 heavy (non-hydrogen) atoms. The Bertz CT molecular complexity index is 1020. The van der Waals surface area contributed by atoms with Crippen LogP contribution in [0.2, 0.25) is 0 Å². The van der Waals surface area contributed by atoms with Crippen LogP contribution in [0.25, 0.3) is 5.69 Å². The second kappa shape index (κ2) is 8.21. The number of ketones is 1. The number of rotatable bonds is 6. The molecule has 0 unspecified atom stereocenters. The number of carbonyl (C=O) groups excluding carboxylic acids is 2. The second-order valence-electron chi connectivity index (χ2n) is 7.06. The molecule has 0 bridgehead atoms. The first-order valence-electron chi connectivity index (χ1n) is 9.38. The molecule has 1 heterocycles. The molecule has 5 heteroatoms. The summed E-state index contributed by atoms with van der Waals surface area (Å²) in [6, 6.07) is 15.4. The van der Waals surface area contributed by atoms with Crippen molar-refractivity contribution >= 4 is 17.4 Å². The highest BCUT2D eigenvalue weighted by molar-refractivity contribution is 6.00. The molecule has 2 aromatic carbocycles. The molecule has 1 N–H and O–H groups in total. The van der Waals surface area contributed by atoms with E-state index in [-0.39, 0.29) is 24.5 Å². The lowest BCUT2D eigenvalue weighted by Gasteiger charge is -2.08. The van der Waals surface area contributed by atoms with Crippen molar-refractivity contribution in [2.75, 3.05) is 5.32 Å². The SMILES string of the molecule is Cc1ccc(C(=O)CCC(=O)Nc2c(C)nn(-c3ccccc3)c2C)cc1C. The van der Waals surface area contributed by atoms with Gasteiger partial charge >= 0.3 is 0 Å². The van der Waals surface area contributed by atoms with Gasteiger partial charge in [0.25, 0.3) is 0 Å². The van der Waals surface area contributed by atoms with Gasteiger partial charge in [0.05, 0.1) is 22.8 Å². The molecule has 0 aliphatic heterocycles. The number of hydrogen-bond donors (Lipinski definition) is 1. The van der Waals surface area contributed by atoms with Crippen molar-refractivity contribution < 1.29 is 9.59 Å². The number of aromatic nitrogens is 2. The number of para-hydroxylation sites is 1. The number of hydrogen-bond acceptors (Lipinski definition) is 3. The van der Waals surface area contributed by atoms with Gasteiger partial charge in [-0.3, -0.25) is 9.59 Å². The van der Waals surface area contributed by atoms with Gasteiger partial charge in [0.1, 0.15) is 0 Å². The zero-order chi connectivity index (χ0) is 20.3. The molecule has 5 nitrogen and oxygen atoms in total. The quantitative estimate of drug-likeness (QED) is 0.635. The average Bonchev–Trinajstić information content (AvgIpc) is 2.97. The molecule has 1 aromatic heterocycles. The van der Waals surface area contributed by atoms with Crippen LogP contribution in [0.3, 0.4) is 0 Å². The summed E-state index contributed by atoms with van der Waals surface area (Å²) in [5.74, 6) is -0.206. The Morgan fingerprint density at radius 3 is 2.32 bits per heavy atom. The summed E-state index contributed by atoms with van der Waals surface area (Å²) >= 11 is 0. The smallest absolute Gasteiger partial charge is 0.224 e. The highest BCUT2D eigenvalue weighted by Gasteiger charge is 2.16. The van der Waals surface area contributed by atoms with Crippen LogP contribution < -0.4 is 5.32 Å². The van der Waals surface area contributed by atoms with Crippen LogP contribution in [0.15, 0.2) is 48.5 Å². The largest absolute Gasteiger partial charge is 0.323 e. The first kappa shape index (κ1) is 19.5. The van der Waals surface area contributed by atoms with E-state index in [1.807, 2.05) is 80.9 Å². The van der Waals surface area contributed by atoms with Crippen LogP contribution in [0.1, 0.15) is 45.7 Å². The molecule has 144 valence electrons. The van der Waals surface area contributed by atoms with E-state index in [9.17, 15) is 9.59 Å². The number of amides is 1. The summed E-state index contributed by atoms with van der Waals surface area (Å²) in [6.45, 7) is 7.78. The maximum Gasteiger partial charge on any atom is 0.224 e. The Labute approximate surface area is 165 Å². The normalized spacial score (nSPS) is 10.7. The van der Waals surface area contributed by atoms with Crippen molar-refractivity contribution in [1.29, 1.82) is 0 Å². The third-order valence-corrected chi connectivity index (χ3v) is 4.96. The summed E-state index contributed by atoms with van der Waals surface area (Å²) in [7, 11) is 0. The van der Waals surface area contributed by atoms with Gasteiger partial charge in [-0.15, -0.1) is 0 Å². The molecule has 0 atom stereocenters. The summed E-state index contributed by atoms with van der Waals surface area (Å²) in [6.07, 6.45) is 0.320. The Morgan fingerprint density at radius 1 is 0.929 bits per heavy atom. The fourth-order valence-electron chi connectivity index (χ4n) is 3.13. The summed E-state index contributed by atoms with van der Waals surface area (Å²) in [5.41, 5.74) is 6.12. The first-order chi connectivity index (χ1) is 13.4. The van der Waals surface area contributed by atoms with E-state index in [0.717, 1.165) is 28.2 Å². The van der Waals surface area contributed by atoms with Crippen molar-refractivity contribution in [3.63, 3.8) is 0 Å². The number of nitrogens with zero attached hydrogens (tertiary/aromatic N) is 2. The predicted molar refractivity (Wildman–Crippen MR) is 111 cm³/mol. The van der Waals surface area contributed by atoms with Crippen LogP contribution in [0.4, 0.5) is 5.69 Å². The van der Waals surface area contributed by atoms with Crippen LogP contribution in [-0.2, 0) is 4.79 Å². The highest BCUT2D eigenvalue weighted by Crippen LogP contribution is 2.23. The average molecular weight is 375 g/mol. The van der Waals surface area contributed by atoms with Crippen LogP contribution in [-0.4, -0.2) is 21.5 Å². The van der Waals surface area contributed by atoms with Crippen LogP contribution in [0, 0.1) is 27.7 Å². The monoisotopic (exact) mass is 375 g/mol. The number of aryl methyl sites for hydroxylation is 3. The van der Waals surface area contributed by atoms with E-state index in [4.69, 9.17) is 0 Å². The zero-order valence-corrected chi connectivity index (χ0v) is 16.7. The fourth-order valence-corrected chi connectivity index (χ4v) is 3.13. The van der Waals surface area contributed by atoms with E-state index < -0.39 is 0 Å². The van der Waals surface area contributed by atoms with Gasteiger partial charge in [-0.2, -0.15) is 5.10 Å². The molecular formula is C23H25N3O2. The van der Waals surface area contributed by atoms with Gasteiger partial charge in [0.15, 0.2) is 5.78 Å². The van der Waals surface area contributed by atoms with Crippen molar-refractivity contribution in [1.82, 2.24) is 9.78 Å². The standard InChI is InChI=1S/C23H25N3O2/c1-15-10-11-19(14-16(15)2)21(27)12-13-22(28)24-23-17(3)25-26(18(23)4)20-8-6-5-7-9-20/h5-11,14H,12-13H2,1-4H3,(H,24,28). The molecular weight excluding hydrogens is 350 g/mol. The van der Waals surface area contributed by atoms with Crippen LogP contribution in [0.5, 0.6) is 0 Å². The molecule has 3 aromatic rings. The Morgan fingerprint density at radius 2 is 1.64 bits per heavy atom. The molecule has 0 aliphatic rings. The molecule has 0 saturated carbocycles. The van der Waals surface area contributed by atoms with Gasteiger partial charge in [-0.05, 0) is 57.0 Å². The third kappa shape index (κ3) is 4.19. The summed E-state index contributed by atoms with van der Waals surface area (Å²) < 4.78 is 1.81. The number of Topliss-reactive ketones (excluding diaryl/α,β-unsaturated/α-hetero) is 1. The summed E-state index contributed by atoms with van der Waals surface area (Å²) in [5, 5.41) is 7.45. The lowest BCUT2D eigenvalue weighted by atomic mass is 10.0. The molecule has 0 spiro atoms. The van der Waals surface area contributed by atoms with E-state index >= 15 is 0 Å². The Kier molecular flexibility index (Phi) is 5.73. The maximum atomic E-state index is 12.4. The third-order valence-electron chi connectivity index (χ3n) is 4.96. The molecule has 0 aliphatic carbocycles. The Hall–Kier alpha value is -3.21. The van der Waals surface area contributed by atoms with E-state index in [1.165, 1.54) is 0 Å². The van der Waals surface area contributed by atoms with E-state index in [1.54, 1.807) is 0 Å². The Balaban J connectivity index is 1.66. The van der Waals surface area contributed by atoms with Crippen molar-refractivity contribution in [2.24, 2.45) is 0 Å². The molecule has 0 saturated heterocycles. The lowest BCUT2D eigenvalue weighted by Crippen LogP contribution is -2.14. The topological polar surface area (TPSA) is 64.0 Å². The van der Waals surface area contributed by atoms with Gasteiger partial charge in [0.2, 0.25) is 5.91 Å².